The molecule has 0 bridgehead atoms. The molecule has 30 heavy (non-hydrogen) atoms. The fourth-order valence-corrected chi connectivity index (χ4v) is 5.91. The van der Waals surface area contributed by atoms with E-state index >= 15 is 0 Å². The second-order valence-corrected chi connectivity index (χ2v) is 9.25. The number of hydrogen-bond acceptors (Lipinski definition) is 3. The van der Waals surface area contributed by atoms with Gasteiger partial charge in [-0.15, -0.1) is 11.3 Å². The van der Waals surface area contributed by atoms with E-state index in [1.165, 1.54) is 22.2 Å². The minimum absolute atomic E-state index is 0.101. The van der Waals surface area contributed by atoms with Crippen LogP contribution in [0.2, 0.25) is 0 Å². The van der Waals surface area contributed by atoms with Crippen molar-refractivity contribution in [3.05, 3.63) is 82.4 Å². The summed E-state index contributed by atoms with van der Waals surface area (Å²) in [6.07, 6.45) is 3.35. The molecule has 4 heteroatoms. The monoisotopic (exact) mass is 412 g/mol. The third kappa shape index (κ3) is 3.31. The first kappa shape index (κ1) is 19.0. The number of aryl methyl sites for hydroxylation is 2. The van der Waals surface area contributed by atoms with E-state index < -0.39 is 0 Å². The van der Waals surface area contributed by atoms with Gasteiger partial charge in [0.1, 0.15) is 4.83 Å². The van der Waals surface area contributed by atoms with E-state index in [4.69, 9.17) is 4.98 Å². The Bertz CT molecular complexity index is 1230. The zero-order valence-corrected chi connectivity index (χ0v) is 18.1. The average molecular weight is 413 g/mol. The van der Waals surface area contributed by atoms with Gasteiger partial charge < -0.3 is 5.32 Å². The van der Waals surface area contributed by atoms with Gasteiger partial charge in [0, 0.05) is 21.5 Å². The molecule has 3 nitrogen and oxygen atoms in total. The van der Waals surface area contributed by atoms with Crippen LogP contribution in [0, 0.1) is 12.8 Å². The van der Waals surface area contributed by atoms with Crippen LogP contribution in [-0.2, 0) is 12.8 Å². The van der Waals surface area contributed by atoms with Gasteiger partial charge in [-0.25, -0.2) is 4.98 Å². The van der Waals surface area contributed by atoms with E-state index in [9.17, 15) is 4.79 Å². The number of carbonyl (C=O) groups excluding carboxylic acids is 1. The number of pyridine rings is 1. The number of benzene rings is 2. The zero-order valence-electron chi connectivity index (χ0n) is 17.2. The molecule has 2 heterocycles. The smallest absolute Gasteiger partial charge is 0.258 e. The molecule has 1 amide bonds. The third-order valence-electron chi connectivity index (χ3n) is 5.95. The number of carbonyl (C=O) groups is 1. The van der Waals surface area contributed by atoms with Crippen LogP contribution in [0.4, 0.5) is 5.69 Å². The van der Waals surface area contributed by atoms with Crippen LogP contribution in [0.25, 0.3) is 21.3 Å². The van der Waals surface area contributed by atoms with E-state index in [-0.39, 0.29) is 5.91 Å². The summed E-state index contributed by atoms with van der Waals surface area (Å²) in [5.41, 5.74) is 5.75. The SMILES string of the molecule is Cc1nc2sc3c(c2c(-c2ccccc2)c1C(=O)Nc1ccccc1)CCC(C)C3. The zero-order chi connectivity index (χ0) is 20.7. The first-order chi connectivity index (χ1) is 14.6. The van der Waals surface area contributed by atoms with Crippen molar-refractivity contribution in [2.75, 3.05) is 5.32 Å². The highest BCUT2D eigenvalue weighted by molar-refractivity contribution is 7.19. The molecule has 1 atom stereocenters. The fraction of sp³-hybridized carbons (Fsp3) is 0.231. The van der Waals surface area contributed by atoms with Gasteiger partial charge in [0.25, 0.3) is 5.91 Å². The van der Waals surface area contributed by atoms with Crippen molar-refractivity contribution >= 4 is 33.1 Å². The lowest BCUT2D eigenvalue weighted by Gasteiger charge is -2.19. The molecular formula is C26H24N2OS. The largest absolute Gasteiger partial charge is 0.322 e. The van der Waals surface area contributed by atoms with Gasteiger partial charge in [-0.1, -0.05) is 55.5 Å². The Morgan fingerprint density at radius 2 is 1.77 bits per heavy atom. The number of anilines is 1. The normalized spacial score (nSPS) is 15.7. The maximum atomic E-state index is 13.5. The number of para-hydroxylation sites is 1. The Morgan fingerprint density at radius 1 is 1.07 bits per heavy atom. The van der Waals surface area contributed by atoms with Gasteiger partial charge in [-0.05, 0) is 55.4 Å². The van der Waals surface area contributed by atoms with Crippen LogP contribution in [0.15, 0.2) is 60.7 Å². The Balaban J connectivity index is 1.75. The van der Waals surface area contributed by atoms with Crippen molar-refractivity contribution < 1.29 is 4.79 Å². The quantitative estimate of drug-likeness (QED) is 0.409. The third-order valence-corrected chi connectivity index (χ3v) is 7.09. The van der Waals surface area contributed by atoms with Gasteiger partial charge in [0.2, 0.25) is 0 Å². The highest BCUT2D eigenvalue weighted by Crippen LogP contribution is 2.44. The summed E-state index contributed by atoms with van der Waals surface area (Å²) in [6.45, 7) is 4.27. The number of fused-ring (bicyclic) bond motifs is 3. The highest BCUT2D eigenvalue weighted by atomic mass is 32.1. The van der Waals surface area contributed by atoms with Gasteiger partial charge in [0.05, 0.1) is 11.3 Å². The summed E-state index contributed by atoms with van der Waals surface area (Å²) < 4.78 is 0. The molecule has 1 aliphatic rings. The number of rotatable bonds is 3. The second kappa shape index (κ2) is 7.69. The van der Waals surface area contributed by atoms with Crippen molar-refractivity contribution in [3.63, 3.8) is 0 Å². The van der Waals surface area contributed by atoms with Crippen molar-refractivity contribution in [2.45, 2.75) is 33.1 Å². The lowest BCUT2D eigenvalue weighted by Crippen LogP contribution is -2.16. The van der Waals surface area contributed by atoms with Crippen molar-refractivity contribution in [2.24, 2.45) is 5.92 Å². The number of thiophene rings is 1. The Labute approximate surface area is 180 Å². The molecule has 1 unspecified atom stereocenters. The fourth-order valence-electron chi connectivity index (χ4n) is 4.47. The second-order valence-electron chi connectivity index (χ2n) is 8.17. The van der Waals surface area contributed by atoms with E-state index in [1.54, 1.807) is 0 Å². The summed E-state index contributed by atoms with van der Waals surface area (Å²) in [6, 6.07) is 19.9. The molecule has 2 aromatic heterocycles. The van der Waals surface area contributed by atoms with E-state index in [0.717, 1.165) is 40.2 Å². The number of hydrogen-bond donors (Lipinski definition) is 1. The van der Waals surface area contributed by atoms with Crippen LogP contribution in [0.3, 0.4) is 0 Å². The van der Waals surface area contributed by atoms with Crippen LogP contribution < -0.4 is 5.32 Å². The summed E-state index contributed by atoms with van der Waals surface area (Å²) in [4.78, 5) is 20.9. The number of nitrogens with zero attached hydrogens (tertiary/aromatic N) is 1. The Kier molecular flexibility index (Phi) is 4.87. The predicted octanol–water partition coefficient (Wildman–Crippen LogP) is 6.65. The van der Waals surface area contributed by atoms with Crippen molar-refractivity contribution in [3.8, 4) is 11.1 Å². The maximum absolute atomic E-state index is 13.5. The molecule has 0 radical (unpaired) electrons. The highest BCUT2D eigenvalue weighted by Gasteiger charge is 2.27. The van der Waals surface area contributed by atoms with Gasteiger partial charge in [-0.2, -0.15) is 0 Å². The van der Waals surface area contributed by atoms with Gasteiger partial charge >= 0.3 is 0 Å². The summed E-state index contributed by atoms with van der Waals surface area (Å²) in [5, 5.41) is 4.26. The molecule has 0 saturated heterocycles. The van der Waals surface area contributed by atoms with Gasteiger partial charge in [0.15, 0.2) is 0 Å². The van der Waals surface area contributed by atoms with Gasteiger partial charge in [-0.3, -0.25) is 4.79 Å². The number of aromatic nitrogens is 1. The van der Waals surface area contributed by atoms with Crippen LogP contribution in [0.1, 0.15) is 39.8 Å². The van der Waals surface area contributed by atoms with E-state index in [1.807, 2.05) is 66.8 Å². The molecule has 0 fully saturated rings. The average Bonchev–Trinajstić information content (AvgIpc) is 3.10. The van der Waals surface area contributed by atoms with Crippen molar-refractivity contribution in [1.29, 1.82) is 0 Å². The summed E-state index contributed by atoms with van der Waals surface area (Å²) >= 11 is 1.81. The molecule has 4 aromatic rings. The molecule has 150 valence electrons. The predicted molar refractivity (Wildman–Crippen MR) is 125 cm³/mol. The molecule has 1 N–H and O–H groups in total. The molecule has 1 aliphatic carbocycles. The van der Waals surface area contributed by atoms with Crippen LogP contribution >= 0.6 is 11.3 Å². The first-order valence-corrected chi connectivity index (χ1v) is 11.3. The lowest BCUT2D eigenvalue weighted by molar-refractivity contribution is 0.102. The molecule has 2 aromatic carbocycles. The van der Waals surface area contributed by atoms with Crippen LogP contribution in [-0.4, -0.2) is 10.9 Å². The minimum Gasteiger partial charge on any atom is -0.322 e. The van der Waals surface area contributed by atoms with E-state index in [2.05, 4.69) is 24.4 Å². The topological polar surface area (TPSA) is 42.0 Å². The van der Waals surface area contributed by atoms with Crippen LogP contribution in [0.5, 0.6) is 0 Å². The molecular weight excluding hydrogens is 388 g/mol. The van der Waals surface area contributed by atoms with E-state index in [0.29, 0.717) is 11.5 Å². The molecule has 5 rings (SSSR count). The molecule has 0 spiro atoms. The lowest BCUT2D eigenvalue weighted by atomic mass is 9.86. The number of nitrogens with one attached hydrogen (secondary N) is 1. The summed E-state index contributed by atoms with van der Waals surface area (Å²) in [7, 11) is 0. The number of amides is 1. The first-order valence-electron chi connectivity index (χ1n) is 10.5. The standard InChI is InChI=1S/C26H24N2OS/c1-16-13-14-20-21(15-16)30-26-24(20)23(18-9-5-3-6-10-18)22(17(2)27-26)25(29)28-19-11-7-4-8-12-19/h3-12,16H,13-15H2,1-2H3,(H,28,29). The Morgan fingerprint density at radius 3 is 2.50 bits per heavy atom. The summed E-state index contributed by atoms with van der Waals surface area (Å²) in [5.74, 6) is 0.601. The Hall–Kier alpha value is -2.98. The van der Waals surface area contributed by atoms with Crippen molar-refractivity contribution in [1.82, 2.24) is 4.98 Å². The molecule has 0 saturated carbocycles. The molecule has 0 aliphatic heterocycles. The minimum atomic E-state index is -0.101. The maximum Gasteiger partial charge on any atom is 0.258 e.